The number of pyridine rings is 2. The number of aromatic nitrogens is 3. The molecule has 39 heavy (non-hydrogen) atoms. The number of aliphatic hydroxyl groups excluding tert-OH is 1. The third kappa shape index (κ3) is 6.14. The fourth-order valence-electron chi connectivity index (χ4n) is 4.18. The number of hydrogen-bond acceptors (Lipinski definition) is 6. The minimum atomic E-state index is -1.49. The molecule has 0 saturated heterocycles. The number of benzene rings is 1. The van der Waals surface area contributed by atoms with Crippen LogP contribution in [0.1, 0.15) is 11.7 Å². The van der Waals surface area contributed by atoms with Gasteiger partial charge in [-0.15, -0.1) is 0 Å². The number of hydrogen-bond donors (Lipinski definition) is 2. The summed E-state index contributed by atoms with van der Waals surface area (Å²) in [6.07, 6.45) is 3.39. The zero-order valence-corrected chi connectivity index (χ0v) is 24.5. The SMILES string of the molecule is CN(C)C(=O)C(O)c1cc(-c2cnc3c(c(-c4ccccc4F)cn3COCC[Si](C)(C)C)c2Cl)cnc1N. The van der Waals surface area contributed by atoms with Gasteiger partial charge in [-0.1, -0.05) is 49.4 Å². The van der Waals surface area contributed by atoms with E-state index in [4.69, 9.17) is 22.1 Å². The molecule has 3 aromatic heterocycles. The van der Waals surface area contributed by atoms with Gasteiger partial charge >= 0.3 is 0 Å². The summed E-state index contributed by atoms with van der Waals surface area (Å²) in [4.78, 5) is 22.5. The number of nitrogens with two attached hydrogens (primary N) is 1. The average molecular weight is 570 g/mol. The Morgan fingerprint density at radius 3 is 2.56 bits per heavy atom. The van der Waals surface area contributed by atoms with Crippen molar-refractivity contribution in [3.63, 3.8) is 0 Å². The van der Waals surface area contributed by atoms with Crippen molar-refractivity contribution in [1.29, 1.82) is 0 Å². The summed E-state index contributed by atoms with van der Waals surface area (Å²) in [5, 5.41) is 11.5. The summed E-state index contributed by atoms with van der Waals surface area (Å²) < 4.78 is 22.7. The van der Waals surface area contributed by atoms with Crippen molar-refractivity contribution in [2.75, 3.05) is 26.4 Å². The van der Waals surface area contributed by atoms with Crippen LogP contribution in [0.15, 0.2) is 48.9 Å². The number of fused-ring (bicyclic) bond motifs is 1. The van der Waals surface area contributed by atoms with Gasteiger partial charge in [-0.2, -0.15) is 0 Å². The quantitative estimate of drug-likeness (QED) is 0.201. The highest BCUT2D eigenvalue weighted by Gasteiger charge is 2.25. The number of nitrogen functional groups attached to an aromatic ring is 1. The smallest absolute Gasteiger partial charge is 0.255 e. The van der Waals surface area contributed by atoms with Crippen molar-refractivity contribution in [3.8, 4) is 22.3 Å². The number of halogens is 2. The van der Waals surface area contributed by atoms with Crippen LogP contribution in [0.3, 0.4) is 0 Å². The van der Waals surface area contributed by atoms with E-state index in [2.05, 4.69) is 29.6 Å². The first-order valence-electron chi connectivity index (χ1n) is 12.5. The first-order chi connectivity index (χ1) is 18.4. The Kier molecular flexibility index (Phi) is 8.41. The van der Waals surface area contributed by atoms with Crippen molar-refractivity contribution < 1.29 is 19.0 Å². The number of ether oxygens (including phenoxy) is 1. The molecule has 3 heterocycles. The number of rotatable bonds is 9. The molecule has 1 amide bonds. The van der Waals surface area contributed by atoms with E-state index in [-0.39, 0.29) is 23.9 Å². The molecule has 1 unspecified atom stereocenters. The van der Waals surface area contributed by atoms with E-state index in [0.29, 0.717) is 44.9 Å². The molecule has 0 fully saturated rings. The minimum Gasteiger partial charge on any atom is -0.383 e. The molecule has 0 aliphatic rings. The predicted molar refractivity (Wildman–Crippen MR) is 156 cm³/mol. The third-order valence-electron chi connectivity index (χ3n) is 6.44. The van der Waals surface area contributed by atoms with E-state index in [0.717, 1.165) is 6.04 Å². The topological polar surface area (TPSA) is 106 Å². The lowest BCUT2D eigenvalue weighted by atomic mass is 10.0. The lowest BCUT2D eigenvalue weighted by Crippen LogP contribution is -2.28. The lowest BCUT2D eigenvalue weighted by molar-refractivity contribution is -0.137. The van der Waals surface area contributed by atoms with Crippen LogP contribution >= 0.6 is 11.6 Å². The van der Waals surface area contributed by atoms with Crippen molar-refractivity contribution in [1.82, 2.24) is 19.4 Å². The van der Waals surface area contributed by atoms with Crippen LogP contribution in [-0.2, 0) is 16.3 Å². The number of amides is 1. The van der Waals surface area contributed by atoms with Crippen molar-refractivity contribution in [3.05, 3.63) is 65.3 Å². The summed E-state index contributed by atoms with van der Waals surface area (Å²) in [5.41, 5.74) is 8.65. The molecular formula is C28H33ClFN5O3Si. The molecule has 11 heteroatoms. The highest BCUT2D eigenvalue weighted by atomic mass is 35.5. The maximum Gasteiger partial charge on any atom is 0.255 e. The van der Waals surface area contributed by atoms with Crippen molar-refractivity contribution >= 4 is 42.4 Å². The van der Waals surface area contributed by atoms with Gasteiger partial charge in [-0.3, -0.25) is 4.79 Å². The van der Waals surface area contributed by atoms with Crippen molar-refractivity contribution in [2.24, 2.45) is 0 Å². The van der Waals surface area contributed by atoms with Crippen molar-refractivity contribution in [2.45, 2.75) is 38.5 Å². The van der Waals surface area contributed by atoms with Gasteiger partial charge < -0.3 is 25.0 Å². The second kappa shape index (κ2) is 11.4. The molecule has 1 atom stereocenters. The van der Waals surface area contributed by atoms with Crippen LogP contribution in [0.25, 0.3) is 33.3 Å². The van der Waals surface area contributed by atoms with E-state index in [9.17, 15) is 14.3 Å². The highest BCUT2D eigenvalue weighted by Crippen LogP contribution is 2.41. The van der Waals surface area contributed by atoms with Gasteiger partial charge in [-0.05, 0) is 18.2 Å². The van der Waals surface area contributed by atoms with Crippen LogP contribution < -0.4 is 5.73 Å². The summed E-state index contributed by atoms with van der Waals surface area (Å²) in [7, 11) is 1.81. The maximum absolute atomic E-state index is 14.9. The van der Waals surface area contributed by atoms with Crippen LogP contribution in [0.4, 0.5) is 10.2 Å². The number of carbonyl (C=O) groups excluding carboxylic acids is 1. The van der Waals surface area contributed by atoms with Crippen LogP contribution in [0, 0.1) is 5.82 Å². The Morgan fingerprint density at radius 1 is 1.18 bits per heavy atom. The van der Waals surface area contributed by atoms with Crippen LogP contribution in [-0.4, -0.2) is 59.2 Å². The molecule has 0 saturated carbocycles. The molecule has 0 aliphatic heterocycles. The summed E-state index contributed by atoms with van der Waals surface area (Å²) >= 11 is 6.99. The summed E-state index contributed by atoms with van der Waals surface area (Å²) in [6.45, 7) is 7.71. The van der Waals surface area contributed by atoms with Gasteiger partial charge in [0.15, 0.2) is 6.10 Å². The Balaban J connectivity index is 1.83. The lowest BCUT2D eigenvalue weighted by Gasteiger charge is -2.18. The molecule has 8 nitrogen and oxygen atoms in total. The number of nitrogens with zero attached hydrogens (tertiary/aromatic N) is 4. The first kappa shape index (κ1) is 28.7. The van der Waals surface area contributed by atoms with E-state index < -0.39 is 20.1 Å². The second-order valence-corrected chi connectivity index (χ2v) is 16.9. The fraction of sp³-hybridized carbons (Fsp3) is 0.321. The molecule has 0 bridgehead atoms. The molecule has 4 rings (SSSR count). The van der Waals surface area contributed by atoms with E-state index in [1.165, 1.54) is 31.3 Å². The van der Waals surface area contributed by atoms with Gasteiger partial charge in [0.25, 0.3) is 5.91 Å². The monoisotopic (exact) mass is 569 g/mol. The van der Waals surface area contributed by atoms with Crippen LogP contribution in [0.2, 0.25) is 30.7 Å². The number of anilines is 1. The van der Waals surface area contributed by atoms with E-state index in [1.807, 2.05) is 4.57 Å². The zero-order valence-electron chi connectivity index (χ0n) is 22.7. The second-order valence-electron chi connectivity index (χ2n) is 10.9. The molecule has 0 aliphatic carbocycles. The van der Waals surface area contributed by atoms with E-state index >= 15 is 0 Å². The van der Waals surface area contributed by atoms with Gasteiger partial charge in [0.05, 0.1) is 5.02 Å². The maximum atomic E-state index is 14.9. The standard InChI is InChI=1S/C28H33ClFN5O3Si/c1-34(2)28(37)25(36)19-12-17(13-32-26(19)31)20-14-33-27-23(24(20)29)21(18-8-6-7-9-22(18)30)15-35(27)16-38-10-11-39(3,4)5/h6-9,12-15,25,36H,10-11,16H2,1-5H3,(H2,31,32). The average Bonchev–Trinajstić information content (AvgIpc) is 3.25. The third-order valence-corrected chi connectivity index (χ3v) is 8.54. The van der Waals surface area contributed by atoms with Gasteiger partial charge in [0.2, 0.25) is 0 Å². The first-order valence-corrected chi connectivity index (χ1v) is 16.6. The molecule has 0 radical (unpaired) electrons. The normalized spacial score (nSPS) is 12.6. The number of carbonyl (C=O) groups is 1. The van der Waals surface area contributed by atoms with E-state index in [1.54, 1.807) is 36.7 Å². The molecule has 206 valence electrons. The van der Waals surface area contributed by atoms with Crippen LogP contribution in [0.5, 0.6) is 0 Å². The minimum absolute atomic E-state index is 0.0280. The Bertz CT molecular complexity index is 1520. The largest absolute Gasteiger partial charge is 0.383 e. The fourth-order valence-corrected chi connectivity index (χ4v) is 5.28. The number of aliphatic hydroxyl groups is 1. The Hall–Kier alpha value is -3.31. The Labute approximate surface area is 233 Å². The Morgan fingerprint density at radius 2 is 1.90 bits per heavy atom. The zero-order chi connectivity index (χ0) is 28.5. The molecule has 1 aromatic carbocycles. The number of likely N-dealkylation sites (N-methyl/N-ethyl adjacent to an activating group) is 1. The molecule has 4 aromatic rings. The highest BCUT2D eigenvalue weighted by molar-refractivity contribution is 6.76. The van der Waals surface area contributed by atoms with Gasteiger partial charge in [-0.25, -0.2) is 14.4 Å². The summed E-state index contributed by atoms with van der Waals surface area (Å²) in [5.74, 6) is -0.895. The predicted octanol–water partition coefficient (Wildman–Crippen LogP) is 5.57. The summed E-state index contributed by atoms with van der Waals surface area (Å²) in [6, 6.07) is 9.06. The molecule has 3 N–H and O–H groups in total. The molecular weight excluding hydrogens is 537 g/mol. The molecule has 0 spiro atoms. The van der Waals surface area contributed by atoms with Gasteiger partial charge in [0, 0.05) is 80.6 Å². The van der Waals surface area contributed by atoms with Gasteiger partial charge in [0.1, 0.15) is 24.0 Å².